The second-order valence-corrected chi connectivity index (χ2v) is 4.71. The van der Waals surface area contributed by atoms with E-state index in [9.17, 15) is 4.39 Å². The number of hydrogen-bond acceptors (Lipinski definition) is 3. The van der Waals surface area contributed by atoms with E-state index in [1.807, 2.05) is 22.2 Å². The molecule has 0 saturated heterocycles. The summed E-state index contributed by atoms with van der Waals surface area (Å²) in [5.41, 5.74) is 1.22. The molecule has 1 N–H and O–H groups in total. The summed E-state index contributed by atoms with van der Waals surface area (Å²) in [6, 6.07) is 4.95. The Kier molecular flexibility index (Phi) is 2.90. The summed E-state index contributed by atoms with van der Waals surface area (Å²) in [6.45, 7) is 0.634. The summed E-state index contributed by atoms with van der Waals surface area (Å²) in [5.74, 6) is 0.577. The van der Waals surface area contributed by atoms with Crippen LogP contribution in [0.15, 0.2) is 24.5 Å². The van der Waals surface area contributed by atoms with E-state index >= 15 is 0 Å². The molecule has 98 valence electrons. The van der Waals surface area contributed by atoms with Crippen molar-refractivity contribution in [2.75, 3.05) is 0 Å². The number of para-hydroxylation sites is 1. The number of rotatable bonds is 3. The van der Waals surface area contributed by atoms with Crippen molar-refractivity contribution >= 4 is 23.3 Å². The van der Waals surface area contributed by atoms with Gasteiger partial charge >= 0.3 is 0 Å². The quantitative estimate of drug-likeness (QED) is 0.747. The van der Waals surface area contributed by atoms with Gasteiger partial charge in [-0.15, -0.1) is 10.2 Å². The molecule has 2 heterocycles. The molecule has 0 amide bonds. The van der Waals surface area contributed by atoms with Gasteiger partial charge in [-0.25, -0.2) is 4.39 Å². The van der Waals surface area contributed by atoms with Gasteiger partial charge in [-0.2, -0.15) is 0 Å². The summed E-state index contributed by atoms with van der Waals surface area (Å²) < 4.78 is 17.9. The van der Waals surface area contributed by atoms with Gasteiger partial charge in [0.15, 0.2) is 4.77 Å². The third kappa shape index (κ3) is 2.06. The largest absolute Gasteiger partial charge is 0.328 e. The summed E-state index contributed by atoms with van der Waals surface area (Å²) in [5, 5.41) is 7.85. The zero-order chi connectivity index (χ0) is 13.4. The van der Waals surface area contributed by atoms with Crippen molar-refractivity contribution in [2.24, 2.45) is 7.05 Å². The van der Waals surface area contributed by atoms with Crippen LogP contribution in [0, 0.1) is 10.6 Å². The molecule has 3 aromatic rings. The number of aromatic nitrogens is 5. The van der Waals surface area contributed by atoms with Crippen molar-refractivity contribution in [2.45, 2.75) is 13.0 Å². The third-order valence-corrected chi connectivity index (χ3v) is 3.45. The molecule has 0 aliphatic heterocycles. The maximum atomic E-state index is 13.6. The molecule has 0 spiro atoms. The zero-order valence-corrected chi connectivity index (χ0v) is 11.1. The minimum atomic E-state index is -0.291. The molecule has 0 fully saturated rings. The van der Waals surface area contributed by atoms with Crippen LogP contribution < -0.4 is 0 Å². The molecule has 0 saturated carbocycles. The predicted octanol–water partition coefficient (Wildman–Crippen LogP) is 2.21. The SMILES string of the molecule is Cn1cnnc1CCn1c(=S)[nH]c2c(F)cccc21. The second kappa shape index (κ2) is 4.58. The molecule has 1 aromatic carbocycles. The number of aromatic amines is 1. The summed E-state index contributed by atoms with van der Waals surface area (Å²) in [7, 11) is 1.89. The smallest absolute Gasteiger partial charge is 0.178 e. The Morgan fingerprint density at radius 3 is 3.00 bits per heavy atom. The highest BCUT2D eigenvalue weighted by atomic mass is 32.1. The molecule has 0 aliphatic rings. The van der Waals surface area contributed by atoms with E-state index in [1.54, 1.807) is 12.4 Å². The Morgan fingerprint density at radius 2 is 2.26 bits per heavy atom. The lowest BCUT2D eigenvalue weighted by Crippen LogP contribution is -2.05. The second-order valence-electron chi connectivity index (χ2n) is 4.32. The number of fused-ring (bicyclic) bond motifs is 1. The molecule has 2 aromatic heterocycles. The maximum Gasteiger partial charge on any atom is 0.178 e. The highest BCUT2D eigenvalue weighted by molar-refractivity contribution is 7.71. The van der Waals surface area contributed by atoms with Gasteiger partial charge in [-0.3, -0.25) is 0 Å². The first kappa shape index (κ1) is 12.0. The van der Waals surface area contributed by atoms with Crippen LogP contribution in [0.1, 0.15) is 5.82 Å². The van der Waals surface area contributed by atoms with E-state index in [0.29, 0.717) is 23.3 Å². The van der Waals surface area contributed by atoms with Crippen molar-refractivity contribution in [1.82, 2.24) is 24.3 Å². The van der Waals surface area contributed by atoms with E-state index in [4.69, 9.17) is 12.2 Å². The van der Waals surface area contributed by atoms with Gasteiger partial charge in [0, 0.05) is 20.0 Å². The van der Waals surface area contributed by atoms with Crippen molar-refractivity contribution in [3.05, 3.63) is 40.9 Å². The zero-order valence-electron chi connectivity index (χ0n) is 10.3. The van der Waals surface area contributed by atoms with Gasteiger partial charge < -0.3 is 14.1 Å². The monoisotopic (exact) mass is 277 g/mol. The molecular formula is C12H12FN5S. The average Bonchev–Trinajstić information content (AvgIpc) is 2.92. The molecule has 0 atom stereocenters. The van der Waals surface area contributed by atoms with Gasteiger partial charge in [0.25, 0.3) is 0 Å². The van der Waals surface area contributed by atoms with Crippen molar-refractivity contribution in [1.29, 1.82) is 0 Å². The normalized spacial score (nSPS) is 11.3. The van der Waals surface area contributed by atoms with Crippen LogP contribution in [0.5, 0.6) is 0 Å². The fraction of sp³-hybridized carbons (Fsp3) is 0.250. The number of H-pyrrole nitrogens is 1. The molecule has 19 heavy (non-hydrogen) atoms. The van der Waals surface area contributed by atoms with Crippen molar-refractivity contribution in [3.8, 4) is 0 Å². The first-order valence-electron chi connectivity index (χ1n) is 5.86. The predicted molar refractivity (Wildman–Crippen MR) is 71.8 cm³/mol. The van der Waals surface area contributed by atoms with Crippen LogP contribution in [0.25, 0.3) is 11.0 Å². The molecule has 0 radical (unpaired) electrons. The standard InChI is InChI=1S/C12H12FN5S/c1-17-7-14-16-10(17)5-6-18-9-4-2-3-8(13)11(9)15-12(18)19/h2-4,7H,5-6H2,1H3,(H,15,19). The van der Waals surface area contributed by atoms with Crippen molar-refractivity contribution < 1.29 is 4.39 Å². The van der Waals surface area contributed by atoms with Gasteiger partial charge in [0.2, 0.25) is 0 Å². The summed E-state index contributed by atoms with van der Waals surface area (Å²) in [6.07, 6.45) is 2.35. The molecule has 0 bridgehead atoms. The lowest BCUT2D eigenvalue weighted by Gasteiger charge is -2.04. The minimum absolute atomic E-state index is 0.291. The first-order valence-corrected chi connectivity index (χ1v) is 6.27. The lowest BCUT2D eigenvalue weighted by atomic mass is 10.3. The minimum Gasteiger partial charge on any atom is -0.328 e. The number of halogens is 1. The van der Waals surface area contributed by atoms with Crippen LogP contribution in [0.3, 0.4) is 0 Å². The number of nitrogens with one attached hydrogen (secondary N) is 1. The molecule has 0 aliphatic carbocycles. The molecule has 3 rings (SSSR count). The van der Waals surface area contributed by atoms with E-state index < -0.39 is 0 Å². The fourth-order valence-electron chi connectivity index (χ4n) is 2.11. The average molecular weight is 277 g/mol. The number of imidazole rings is 1. The molecule has 5 nitrogen and oxygen atoms in total. The Hall–Kier alpha value is -2.02. The van der Waals surface area contributed by atoms with Gasteiger partial charge in [-0.05, 0) is 24.4 Å². The Labute approximate surface area is 113 Å². The van der Waals surface area contributed by atoms with Crippen LogP contribution >= 0.6 is 12.2 Å². The number of benzene rings is 1. The van der Waals surface area contributed by atoms with Crippen LogP contribution in [0.4, 0.5) is 4.39 Å². The highest BCUT2D eigenvalue weighted by Gasteiger charge is 2.09. The third-order valence-electron chi connectivity index (χ3n) is 3.12. The number of nitrogens with zero attached hydrogens (tertiary/aromatic N) is 4. The van der Waals surface area contributed by atoms with E-state index in [-0.39, 0.29) is 5.82 Å². The number of aryl methyl sites for hydroxylation is 3. The topological polar surface area (TPSA) is 51.4 Å². The van der Waals surface area contributed by atoms with E-state index in [0.717, 1.165) is 11.3 Å². The van der Waals surface area contributed by atoms with Crippen molar-refractivity contribution in [3.63, 3.8) is 0 Å². The molecule has 7 heteroatoms. The van der Waals surface area contributed by atoms with Gasteiger partial charge in [0.05, 0.1) is 5.52 Å². The van der Waals surface area contributed by atoms with Gasteiger partial charge in [-0.1, -0.05) is 6.07 Å². The van der Waals surface area contributed by atoms with Gasteiger partial charge in [0.1, 0.15) is 23.5 Å². The summed E-state index contributed by atoms with van der Waals surface area (Å²) in [4.78, 5) is 2.90. The summed E-state index contributed by atoms with van der Waals surface area (Å²) >= 11 is 5.24. The first-order chi connectivity index (χ1) is 9.16. The molecular weight excluding hydrogens is 265 g/mol. The van der Waals surface area contributed by atoms with Crippen LogP contribution in [0.2, 0.25) is 0 Å². The maximum absolute atomic E-state index is 13.6. The van der Waals surface area contributed by atoms with E-state index in [1.165, 1.54) is 6.07 Å². The lowest BCUT2D eigenvalue weighted by molar-refractivity contribution is 0.637. The Morgan fingerprint density at radius 1 is 1.42 bits per heavy atom. The number of hydrogen-bond donors (Lipinski definition) is 1. The Bertz CT molecular complexity index is 785. The van der Waals surface area contributed by atoms with E-state index in [2.05, 4.69) is 15.2 Å². The van der Waals surface area contributed by atoms with Crippen LogP contribution in [-0.2, 0) is 20.0 Å². The highest BCUT2D eigenvalue weighted by Crippen LogP contribution is 2.17. The Balaban J connectivity index is 1.97. The van der Waals surface area contributed by atoms with Crippen LogP contribution in [-0.4, -0.2) is 24.3 Å². The molecule has 0 unspecified atom stereocenters. The fourth-order valence-corrected chi connectivity index (χ4v) is 2.40.